The number of furan rings is 1. The van der Waals surface area contributed by atoms with Crippen molar-refractivity contribution in [3.05, 3.63) is 64.6 Å². The van der Waals surface area contributed by atoms with Crippen molar-refractivity contribution in [3.8, 4) is 0 Å². The largest absolute Gasteiger partial charge is 0.465 e. The van der Waals surface area contributed by atoms with E-state index >= 15 is 0 Å². The molecule has 2 atom stereocenters. The summed E-state index contributed by atoms with van der Waals surface area (Å²) in [6, 6.07) is 11.3. The number of rotatable bonds is 5. The fourth-order valence-corrected chi connectivity index (χ4v) is 4.07. The zero-order valence-electron chi connectivity index (χ0n) is 15.4. The quantitative estimate of drug-likeness (QED) is 0.745. The molecule has 4 rings (SSSR count). The highest BCUT2D eigenvalue weighted by Gasteiger charge is 2.23. The first kappa shape index (κ1) is 17.7. The molecule has 5 nitrogen and oxygen atoms in total. The van der Waals surface area contributed by atoms with E-state index in [1.807, 2.05) is 53.1 Å². The Morgan fingerprint density at radius 1 is 1.15 bits per heavy atom. The van der Waals surface area contributed by atoms with Gasteiger partial charge in [0.25, 0.3) is 5.56 Å². The van der Waals surface area contributed by atoms with Crippen LogP contribution in [0.3, 0.4) is 0 Å². The molecule has 0 amide bonds. The zero-order chi connectivity index (χ0) is 18.6. The topological polar surface area (TPSA) is 74.1 Å². The van der Waals surface area contributed by atoms with Crippen molar-refractivity contribution in [2.24, 2.45) is 17.6 Å². The van der Waals surface area contributed by atoms with E-state index in [0.717, 1.165) is 30.7 Å². The van der Waals surface area contributed by atoms with Gasteiger partial charge >= 0.3 is 0 Å². The van der Waals surface area contributed by atoms with E-state index in [1.165, 1.54) is 12.8 Å². The molecular formula is C22H25N3O2. The van der Waals surface area contributed by atoms with E-state index in [1.54, 1.807) is 6.26 Å². The lowest BCUT2D eigenvalue weighted by Gasteiger charge is -2.29. The molecule has 0 saturated heterocycles. The minimum absolute atomic E-state index is 0.0227. The third kappa shape index (κ3) is 3.88. The molecule has 1 saturated carbocycles. The van der Waals surface area contributed by atoms with Crippen LogP contribution in [0.5, 0.6) is 0 Å². The molecule has 1 aromatic carbocycles. The van der Waals surface area contributed by atoms with Gasteiger partial charge in [0.15, 0.2) is 0 Å². The summed E-state index contributed by atoms with van der Waals surface area (Å²) >= 11 is 0. The molecule has 0 spiro atoms. The van der Waals surface area contributed by atoms with Gasteiger partial charge in [-0.25, -0.2) is 4.98 Å². The Labute approximate surface area is 158 Å². The third-order valence-electron chi connectivity index (χ3n) is 5.50. The van der Waals surface area contributed by atoms with Gasteiger partial charge in [0, 0.05) is 6.54 Å². The van der Waals surface area contributed by atoms with E-state index in [2.05, 4.69) is 0 Å². The van der Waals surface area contributed by atoms with Gasteiger partial charge in [-0.2, -0.15) is 0 Å². The van der Waals surface area contributed by atoms with Crippen molar-refractivity contribution in [3.63, 3.8) is 0 Å². The summed E-state index contributed by atoms with van der Waals surface area (Å²) in [6.07, 6.45) is 9.96. The Morgan fingerprint density at radius 2 is 2.00 bits per heavy atom. The standard InChI is InChI=1S/C22H25N3O2/c23-14-16-5-3-6-17(13-16)15-25-21(11-10-18-7-4-12-27-18)24-20-9-2-1-8-19(20)22(25)26/h1-2,4,7-12,16-17H,3,5-6,13-15,23H2. The summed E-state index contributed by atoms with van der Waals surface area (Å²) in [6.45, 7) is 1.41. The smallest absolute Gasteiger partial charge is 0.261 e. The molecule has 5 heteroatoms. The third-order valence-corrected chi connectivity index (χ3v) is 5.50. The molecule has 27 heavy (non-hydrogen) atoms. The molecule has 2 heterocycles. The van der Waals surface area contributed by atoms with Crippen LogP contribution in [0.25, 0.3) is 23.1 Å². The van der Waals surface area contributed by atoms with Gasteiger partial charge in [-0.3, -0.25) is 9.36 Å². The van der Waals surface area contributed by atoms with E-state index in [0.29, 0.717) is 29.6 Å². The second-order valence-electron chi connectivity index (χ2n) is 7.39. The predicted octanol–water partition coefficient (Wildman–Crippen LogP) is 3.93. The lowest BCUT2D eigenvalue weighted by molar-refractivity contribution is 0.245. The van der Waals surface area contributed by atoms with Crippen LogP contribution in [0, 0.1) is 11.8 Å². The van der Waals surface area contributed by atoms with Crippen LogP contribution in [-0.4, -0.2) is 16.1 Å². The number of nitrogens with two attached hydrogens (primary N) is 1. The van der Waals surface area contributed by atoms with Gasteiger partial charge in [0.1, 0.15) is 11.6 Å². The number of hydrogen-bond donors (Lipinski definition) is 1. The highest BCUT2D eigenvalue weighted by molar-refractivity contribution is 5.79. The SMILES string of the molecule is NCC1CCCC(Cn2c(C=Cc3ccco3)nc3ccccc3c2=O)C1. The molecule has 3 aromatic rings. The Hall–Kier alpha value is -2.66. The minimum atomic E-state index is 0.0227. The molecule has 2 unspecified atom stereocenters. The van der Waals surface area contributed by atoms with Crippen molar-refractivity contribution in [2.45, 2.75) is 32.2 Å². The highest BCUT2D eigenvalue weighted by atomic mass is 16.3. The molecule has 1 aliphatic rings. The fraction of sp³-hybridized carbons (Fsp3) is 0.364. The molecule has 0 aliphatic heterocycles. The van der Waals surface area contributed by atoms with Crippen molar-refractivity contribution < 1.29 is 4.42 Å². The molecule has 2 aromatic heterocycles. The number of para-hydroxylation sites is 1. The summed E-state index contributed by atoms with van der Waals surface area (Å²) in [5, 5.41) is 0.666. The summed E-state index contributed by atoms with van der Waals surface area (Å²) in [7, 11) is 0. The average Bonchev–Trinajstić information content (AvgIpc) is 3.23. The predicted molar refractivity (Wildman–Crippen MR) is 108 cm³/mol. The second kappa shape index (κ2) is 7.92. The molecule has 1 fully saturated rings. The van der Waals surface area contributed by atoms with Crippen LogP contribution in [0.15, 0.2) is 51.9 Å². The van der Waals surface area contributed by atoms with E-state index < -0.39 is 0 Å². The Kier molecular flexibility index (Phi) is 5.21. The first-order valence-corrected chi connectivity index (χ1v) is 9.66. The number of fused-ring (bicyclic) bond motifs is 1. The highest BCUT2D eigenvalue weighted by Crippen LogP contribution is 2.29. The first-order valence-electron chi connectivity index (χ1n) is 9.66. The van der Waals surface area contributed by atoms with E-state index in [4.69, 9.17) is 15.1 Å². The lowest BCUT2D eigenvalue weighted by Crippen LogP contribution is -2.31. The number of aromatic nitrogens is 2. The van der Waals surface area contributed by atoms with Gasteiger partial charge in [-0.05, 0) is 74.1 Å². The Balaban J connectivity index is 1.73. The number of benzene rings is 1. The van der Waals surface area contributed by atoms with Gasteiger partial charge in [0.05, 0.1) is 17.2 Å². The summed E-state index contributed by atoms with van der Waals surface area (Å²) in [4.78, 5) is 17.9. The van der Waals surface area contributed by atoms with Crippen LogP contribution in [0.1, 0.15) is 37.3 Å². The monoisotopic (exact) mass is 363 g/mol. The maximum atomic E-state index is 13.2. The molecular weight excluding hydrogens is 338 g/mol. The van der Waals surface area contributed by atoms with Crippen LogP contribution in [-0.2, 0) is 6.54 Å². The maximum Gasteiger partial charge on any atom is 0.261 e. The molecule has 1 aliphatic carbocycles. The normalized spacial score (nSPS) is 20.5. The van der Waals surface area contributed by atoms with Crippen LogP contribution >= 0.6 is 0 Å². The van der Waals surface area contributed by atoms with Crippen LogP contribution in [0.4, 0.5) is 0 Å². The summed E-state index contributed by atoms with van der Waals surface area (Å²) < 4.78 is 7.20. The van der Waals surface area contributed by atoms with E-state index in [-0.39, 0.29) is 5.56 Å². The van der Waals surface area contributed by atoms with Crippen molar-refractivity contribution >= 4 is 23.1 Å². The Bertz CT molecular complexity index is 988. The van der Waals surface area contributed by atoms with Gasteiger partial charge in [-0.1, -0.05) is 18.6 Å². The molecule has 2 N–H and O–H groups in total. The summed E-state index contributed by atoms with van der Waals surface area (Å²) in [5.41, 5.74) is 6.64. The van der Waals surface area contributed by atoms with Crippen molar-refractivity contribution in [1.82, 2.24) is 9.55 Å². The first-order chi connectivity index (χ1) is 13.2. The van der Waals surface area contributed by atoms with Crippen LogP contribution < -0.4 is 11.3 Å². The van der Waals surface area contributed by atoms with Gasteiger partial charge in [-0.15, -0.1) is 0 Å². The van der Waals surface area contributed by atoms with Gasteiger partial charge in [0.2, 0.25) is 0 Å². The second-order valence-corrected chi connectivity index (χ2v) is 7.39. The van der Waals surface area contributed by atoms with E-state index in [9.17, 15) is 4.79 Å². The lowest BCUT2D eigenvalue weighted by atomic mass is 9.81. The zero-order valence-corrected chi connectivity index (χ0v) is 15.4. The molecule has 140 valence electrons. The minimum Gasteiger partial charge on any atom is -0.465 e. The van der Waals surface area contributed by atoms with Crippen molar-refractivity contribution in [1.29, 1.82) is 0 Å². The number of nitrogens with zero attached hydrogens (tertiary/aromatic N) is 2. The van der Waals surface area contributed by atoms with Crippen LogP contribution in [0.2, 0.25) is 0 Å². The Morgan fingerprint density at radius 3 is 2.81 bits per heavy atom. The summed E-state index contributed by atoms with van der Waals surface area (Å²) in [5.74, 6) is 2.44. The fourth-order valence-electron chi connectivity index (χ4n) is 4.07. The maximum absolute atomic E-state index is 13.2. The van der Waals surface area contributed by atoms with Gasteiger partial charge < -0.3 is 10.2 Å². The van der Waals surface area contributed by atoms with Crippen molar-refractivity contribution in [2.75, 3.05) is 6.54 Å². The average molecular weight is 363 g/mol. The molecule has 0 bridgehead atoms. The number of hydrogen-bond acceptors (Lipinski definition) is 4. The molecule has 0 radical (unpaired) electrons.